The second-order valence-corrected chi connectivity index (χ2v) is 5.28. The molecule has 0 unspecified atom stereocenters. The number of urea groups is 1. The molecule has 0 aliphatic carbocycles. The Morgan fingerprint density at radius 3 is 2.62 bits per heavy atom. The number of amides is 2. The first-order valence-electron chi connectivity index (χ1n) is 7.66. The van der Waals surface area contributed by atoms with Gasteiger partial charge in [-0.25, -0.2) is 9.78 Å². The first-order valence-corrected chi connectivity index (χ1v) is 7.66. The predicted octanol–water partition coefficient (Wildman–Crippen LogP) is 2.88. The van der Waals surface area contributed by atoms with Crippen LogP contribution in [-0.2, 0) is 12.7 Å². The van der Waals surface area contributed by atoms with Crippen molar-refractivity contribution in [2.45, 2.75) is 12.7 Å². The highest BCUT2D eigenvalue weighted by Crippen LogP contribution is 2.28. The SMILES string of the molecule is N#Cc1cccc(CNC(=O)NCCNc2ccc(C(F)(F)F)cn2)c1. The van der Waals surface area contributed by atoms with E-state index in [1.54, 1.807) is 24.3 Å². The molecule has 2 rings (SSSR count). The third kappa shape index (κ3) is 5.98. The van der Waals surface area contributed by atoms with Crippen molar-refractivity contribution in [2.75, 3.05) is 18.4 Å². The van der Waals surface area contributed by atoms with Crippen LogP contribution in [0.5, 0.6) is 0 Å². The van der Waals surface area contributed by atoms with Crippen LogP contribution in [0.4, 0.5) is 23.8 Å². The molecule has 1 aromatic carbocycles. The van der Waals surface area contributed by atoms with Crippen molar-refractivity contribution < 1.29 is 18.0 Å². The van der Waals surface area contributed by atoms with Crippen LogP contribution < -0.4 is 16.0 Å². The van der Waals surface area contributed by atoms with Crippen molar-refractivity contribution in [1.29, 1.82) is 5.26 Å². The largest absolute Gasteiger partial charge is 0.417 e. The average Bonchev–Trinajstić information content (AvgIpc) is 2.63. The number of alkyl halides is 3. The lowest BCUT2D eigenvalue weighted by molar-refractivity contribution is -0.137. The molecule has 0 spiro atoms. The zero-order chi connectivity index (χ0) is 19.0. The molecule has 26 heavy (non-hydrogen) atoms. The number of anilines is 1. The van der Waals surface area contributed by atoms with Crippen LogP contribution in [0.2, 0.25) is 0 Å². The Hall–Kier alpha value is -3.28. The average molecular weight is 363 g/mol. The molecule has 9 heteroatoms. The van der Waals surface area contributed by atoms with E-state index < -0.39 is 17.8 Å². The molecule has 3 N–H and O–H groups in total. The first kappa shape index (κ1) is 19.1. The third-order valence-corrected chi connectivity index (χ3v) is 3.32. The highest BCUT2D eigenvalue weighted by molar-refractivity contribution is 5.73. The number of pyridine rings is 1. The molecule has 0 radical (unpaired) electrons. The number of nitrogens with one attached hydrogen (secondary N) is 3. The van der Waals surface area contributed by atoms with E-state index in [1.807, 2.05) is 6.07 Å². The Bertz CT molecular complexity index is 784. The number of nitrogens with zero attached hydrogens (tertiary/aromatic N) is 2. The van der Waals surface area contributed by atoms with Crippen LogP contribution in [0.25, 0.3) is 0 Å². The number of hydrogen-bond acceptors (Lipinski definition) is 4. The van der Waals surface area contributed by atoms with Crippen molar-refractivity contribution in [3.8, 4) is 6.07 Å². The number of hydrogen-bond donors (Lipinski definition) is 3. The molecule has 1 heterocycles. The van der Waals surface area contributed by atoms with E-state index in [-0.39, 0.29) is 18.9 Å². The van der Waals surface area contributed by atoms with Crippen molar-refractivity contribution in [2.24, 2.45) is 0 Å². The monoisotopic (exact) mass is 363 g/mol. The number of rotatable bonds is 6. The summed E-state index contributed by atoms with van der Waals surface area (Å²) in [5.41, 5.74) is 0.491. The minimum atomic E-state index is -4.42. The van der Waals surface area contributed by atoms with Gasteiger partial charge in [0.15, 0.2) is 0 Å². The number of aromatic nitrogens is 1. The zero-order valence-corrected chi connectivity index (χ0v) is 13.6. The van der Waals surface area contributed by atoms with Gasteiger partial charge in [0.05, 0.1) is 17.2 Å². The number of nitriles is 1. The second kappa shape index (κ2) is 8.71. The molecule has 0 bridgehead atoms. The fraction of sp³-hybridized carbons (Fsp3) is 0.235. The van der Waals surface area contributed by atoms with Gasteiger partial charge in [-0.2, -0.15) is 18.4 Å². The molecule has 0 saturated heterocycles. The zero-order valence-electron chi connectivity index (χ0n) is 13.6. The van der Waals surface area contributed by atoms with Crippen molar-refractivity contribution >= 4 is 11.8 Å². The Kier molecular flexibility index (Phi) is 6.38. The molecular formula is C17H16F3N5O. The number of benzene rings is 1. The number of carbonyl (C=O) groups is 1. The molecule has 0 fully saturated rings. The summed E-state index contributed by atoms with van der Waals surface area (Å²) in [6, 6.07) is 10.7. The van der Waals surface area contributed by atoms with Crippen molar-refractivity contribution in [3.05, 3.63) is 59.3 Å². The normalized spacial score (nSPS) is 10.7. The first-order chi connectivity index (χ1) is 12.4. The molecule has 6 nitrogen and oxygen atoms in total. The topological polar surface area (TPSA) is 89.8 Å². The molecule has 136 valence electrons. The Morgan fingerprint density at radius 2 is 1.96 bits per heavy atom. The summed E-state index contributed by atoms with van der Waals surface area (Å²) in [4.78, 5) is 15.3. The van der Waals surface area contributed by atoms with Crippen molar-refractivity contribution in [3.63, 3.8) is 0 Å². The van der Waals surface area contributed by atoms with Crippen LogP contribution in [-0.4, -0.2) is 24.1 Å². The fourth-order valence-corrected chi connectivity index (χ4v) is 2.03. The smallest absolute Gasteiger partial charge is 0.368 e. The highest BCUT2D eigenvalue weighted by atomic mass is 19.4. The fourth-order valence-electron chi connectivity index (χ4n) is 2.03. The molecule has 0 aliphatic rings. The van der Waals surface area contributed by atoms with Crippen molar-refractivity contribution in [1.82, 2.24) is 15.6 Å². The van der Waals surface area contributed by atoms with Gasteiger partial charge >= 0.3 is 12.2 Å². The lowest BCUT2D eigenvalue weighted by atomic mass is 10.1. The third-order valence-electron chi connectivity index (χ3n) is 3.32. The van der Waals surface area contributed by atoms with Gasteiger partial charge in [0, 0.05) is 25.8 Å². The Balaban J connectivity index is 1.67. The highest BCUT2D eigenvalue weighted by Gasteiger charge is 2.30. The molecule has 2 amide bonds. The van der Waals surface area contributed by atoms with Gasteiger partial charge in [-0.3, -0.25) is 0 Å². The summed E-state index contributed by atoms with van der Waals surface area (Å²) in [7, 11) is 0. The van der Waals surface area contributed by atoms with Gasteiger partial charge in [0.2, 0.25) is 0 Å². The maximum absolute atomic E-state index is 12.4. The lowest BCUT2D eigenvalue weighted by Crippen LogP contribution is -2.37. The minimum Gasteiger partial charge on any atom is -0.368 e. The maximum atomic E-state index is 12.4. The van der Waals surface area contributed by atoms with Crippen LogP contribution in [0.3, 0.4) is 0 Å². The number of halogens is 3. The second-order valence-electron chi connectivity index (χ2n) is 5.28. The van der Waals surface area contributed by atoms with E-state index in [2.05, 4.69) is 20.9 Å². The van der Waals surface area contributed by atoms with Gasteiger partial charge in [-0.1, -0.05) is 12.1 Å². The van der Waals surface area contributed by atoms with E-state index in [0.29, 0.717) is 12.1 Å². The molecule has 0 aliphatic heterocycles. The molecule has 0 atom stereocenters. The standard InChI is InChI=1S/C17H16F3N5O/c18-17(19,20)14-4-5-15(24-11-14)22-6-7-23-16(26)25-10-13-3-1-2-12(8-13)9-21/h1-5,8,11H,6-7,10H2,(H,22,24)(H2,23,25,26). The summed E-state index contributed by atoms with van der Waals surface area (Å²) in [6.07, 6.45) is -3.67. The van der Waals surface area contributed by atoms with E-state index in [0.717, 1.165) is 17.8 Å². The van der Waals surface area contributed by atoms with Crippen LogP contribution >= 0.6 is 0 Å². The van der Waals surface area contributed by atoms with Crippen LogP contribution in [0, 0.1) is 11.3 Å². The summed E-state index contributed by atoms with van der Waals surface area (Å²) >= 11 is 0. The summed E-state index contributed by atoms with van der Waals surface area (Å²) in [5.74, 6) is 0.286. The van der Waals surface area contributed by atoms with Crippen LogP contribution in [0.1, 0.15) is 16.7 Å². The Labute approximate surface area is 148 Å². The van der Waals surface area contributed by atoms with Crippen LogP contribution in [0.15, 0.2) is 42.6 Å². The molecule has 1 aromatic heterocycles. The van der Waals surface area contributed by atoms with Gasteiger partial charge in [-0.05, 0) is 29.8 Å². The van der Waals surface area contributed by atoms with Gasteiger partial charge in [0.1, 0.15) is 5.82 Å². The predicted molar refractivity (Wildman–Crippen MR) is 89.1 cm³/mol. The lowest BCUT2D eigenvalue weighted by Gasteiger charge is -2.10. The number of carbonyl (C=O) groups excluding carboxylic acids is 1. The summed E-state index contributed by atoms with van der Waals surface area (Å²) in [6.45, 7) is 0.831. The summed E-state index contributed by atoms with van der Waals surface area (Å²) in [5, 5.41) is 16.9. The maximum Gasteiger partial charge on any atom is 0.417 e. The Morgan fingerprint density at radius 1 is 1.15 bits per heavy atom. The van der Waals surface area contributed by atoms with Gasteiger partial charge in [0.25, 0.3) is 0 Å². The van der Waals surface area contributed by atoms with Gasteiger partial charge in [-0.15, -0.1) is 0 Å². The minimum absolute atomic E-state index is 0.257. The molecule has 2 aromatic rings. The quantitative estimate of drug-likeness (QED) is 0.689. The van der Waals surface area contributed by atoms with E-state index in [1.165, 1.54) is 6.07 Å². The van der Waals surface area contributed by atoms with E-state index >= 15 is 0 Å². The summed E-state index contributed by atoms with van der Waals surface area (Å²) < 4.78 is 37.3. The van der Waals surface area contributed by atoms with E-state index in [9.17, 15) is 18.0 Å². The molecule has 0 saturated carbocycles. The van der Waals surface area contributed by atoms with E-state index in [4.69, 9.17) is 5.26 Å². The van der Waals surface area contributed by atoms with Gasteiger partial charge < -0.3 is 16.0 Å². The molecular weight excluding hydrogens is 347 g/mol.